The summed E-state index contributed by atoms with van der Waals surface area (Å²) in [6.45, 7) is 4.36. The van der Waals surface area contributed by atoms with Gasteiger partial charge in [0, 0.05) is 19.0 Å². The normalized spacial score (nSPS) is 10.9. The minimum absolute atomic E-state index is 0.0721. The smallest absolute Gasteiger partial charge is 0.308 e. The molecule has 0 saturated carbocycles. The number of hydrogen-bond acceptors (Lipinski definition) is 3. The zero-order chi connectivity index (χ0) is 25.4. The van der Waals surface area contributed by atoms with Crippen LogP contribution in [0, 0.1) is 0 Å². The zero-order valence-electron chi connectivity index (χ0n) is 22.9. The maximum Gasteiger partial charge on any atom is 0.308 e. The number of benzene rings is 1. The first-order valence-electron chi connectivity index (χ1n) is 14.7. The molecule has 0 aliphatic rings. The third kappa shape index (κ3) is 19.1. The Kier molecular flexibility index (Phi) is 20.2. The summed E-state index contributed by atoms with van der Waals surface area (Å²) >= 11 is 0. The molecule has 0 heterocycles. The molecule has 1 rings (SSSR count). The molecule has 0 aromatic heterocycles. The molecule has 1 aromatic rings. The van der Waals surface area contributed by atoms with E-state index in [-0.39, 0.29) is 11.9 Å². The predicted octanol–water partition coefficient (Wildman–Crippen LogP) is 9.16. The van der Waals surface area contributed by atoms with E-state index in [0.717, 1.165) is 6.42 Å². The van der Waals surface area contributed by atoms with Gasteiger partial charge >= 0.3 is 5.97 Å². The first-order chi connectivity index (χ1) is 17.1. The van der Waals surface area contributed by atoms with E-state index in [9.17, 15) is 9.59 Å². The van der Waals surface area contributed by atoms with Gasteiger partial charge in [0.05, 0.1) is 0 Å². The fraction of sp³-hybridized carbons (Fsp3) is 0.742. The van der Waals surface area contributed by atoms with E-state index < -0.39 is 0 Å². The minimum Gasteiger partial charge on any atom is -0.427 e. The van der Waals surface area contributed by atoms with Gasteiger partial charge < -0.3 is 10.1 Å². The van der Waals surface area contributed by atoms with Crippen molar-refractivity contribution in [2.75, 3.05) is 6.54 Å². The van der Waals surface area contributed by atoms with Crippen molar-refractivity contribution in [2.24, 2.45) is 0 Å². The third-order valence-electron chi connectivity index (χ3n) is 6.69. The Morgan fingerprint density at radius 1 is 0.600 bits per heavy atom. The van der Waals surface area contributed by atoms with Gasteiger partial charge in [0.15, 0.2) is 0 Å². The molecule has 35 heavy (non-hydrogen) atoms. The van der Waals surface area contributed by atoms with Crippen molar-refractivity contribution in [3.63, 3.8) is 0 Å². The van der Waals surface area contributed by atoms with Crippen LogP contribution in [0.1, 0.15) is 153 Å². The molecule has 0 bridgehead atoms. The van der Waals surface area contributed by atoms with Gasteiger partial charge in [0.1, 0.15) is 5.75 Å². The summed E-state index contributed by atoms with van der Waals surface area (Å²) in [7, 11) is 0. The van der Waals surface area contributed by atoms with Crippen LogP contribution in [0.5, 0.6) is 5.75 Å². The molecule has 1 aromatic carbocycles. The van der Waals surface area contributed by atoms with Crippen LogP contribution in [0.2, 0.25) is 0 Å². The summed E-state index contributed by atoms with van der Waals surface area (Å²) in [5, 5.41) is 2.97. The molecule has 1 N–H and O–H groups in total. The van der Waals surface area contributed by atoms with Gasteiger partial charge in [-0.2, -0.15) is 0 Å². The molecule has 0 saturated heterocycles. The van der Waals surface area contributed by atoms with Crippen molar-refractivity contribution in [3.05, 3.63) is 29.8 Å². The van der Waals surface area contributed by atoms with Crippen LogP contribution in [0.15, 0.2) is 24.3 Å². The van der Waals surface area contributed by atoms with E-state index in [2.05, 4.69) is 12.2 Å². The van der Waals surface area contributed by atoms with Crippen LogP contribution in [0.3, 0.4) is 0 Å². The molecular weight excluding hydrogens is 434 g/mol. The third-order valence-corrected chi connectivity index (χ3v) is 6.69. The van der Waals surface area contributed by atoms with Crippen molar-refractivity contribution in [3.8, 4) is 5.75 Å². The van der Waals surface area contributed by atoms with Crippen molar-refractivity contribution in [1.82, 2.24) is 5.32 Å². The second kappa shape index (κ2) is 22.6. The van der Waals surface area contributed by atoms with E-state index >= 15 is 0 Å². The largest absolute Gasteiger partial charge is 0.427 e. The number of carbonyl (C=O) groups is 2. The maximum absolute atomic E-state index is 12.2. The SMILES string of the molecule is CCCCCCCCCCCCCCCCCCCCCCNC(=O)c1ccc(OC(C)=O)cc1. The van der Waals surface area contributed by atoms with Gasteiger partial charge in [-0.25, -0.2) is 0 Å². The fourth-order valence-electron chi connectivity index (χ4n) is 4.52. The maximum atomic E-state index is 12.2. The van der Waals surface area contributed by atoms with Crippen molar-refractivity contribution >= 4 is 11.9 Å². The Labute approximate surface area is 216 Å². The second-order valence-corrected chi connectivity index (χ2v) is 10.1. The zero-order valence-corrected chi connectivity index (χ0v) is 22.9. The summed E-state index contributed by atoms with van der Waals surface area (Å²) in [4.78, 5) is 23.1. The molecule has 0 radical (unpaired) electrons. The number of hydrogen-bond donors (Lipinski definition) is 1. The highest BCUT2D eigenvalue weighted by atomic mass is 16.5. The Hall–Kier alpha value is -1.84. The van der Waals surface area contributed by atoms with Gasteiger partial charge in [-0.15, -0.1) is 0 Å². The lowest BCUT2D eigenvalue weighted by Gasteiger charge is -2.07. The number of unbranched alkanes of at least 4 members (excludes halogenated alkanes) is 19. The molecule has 0 spiro atoms. The van der Waals surface area contributed by atoms with Crippen LogP contribution in [-0.2, 0) is 4.79 Å². The molecule has 4 heteroatoms. The van der Waals surface area contributed by atoms with Crippen LogP contribution >= 0.6 is 0 Å². The number of ether oxygens (including phenoxy) is 1. The van der Waals surface area contributed by atoms with Crippen molar-refractivity contribution < 1.29 is 14.3 Å². The van der Waals surface area contributed by atoms with Crippen molar-refractivity contribution in [2.45, 2.75) is 142 Å². The Morgan fingerprint density at radius 2 is 0.971 bits per heavy atom. The lowest BCUT2D eigenvalue weighted by Crippen LogP contribution is -2.24. The summed E-state index contributed by atoms with van der Waals surface area (Å²) < 4.78 is 4.99. The second-order valence-electron chi connectivity index (χ2n) is 10.1. The van der Waals surface area contributed by atoms with Gasteiger partial charge in [-0.05, 0) is 30.7 Å². The number of rotatable bonds is 23. The average molecular weight is 488 g/mol. The van der Waals surface area contributed by atoms with Crippen LogP contribution in [-0.4, -0.2) is 18.4 Å². The standard InChI is InChI=1S/C31H53NO3/c1-3-4-5-6-7-8-9-10-11-12-13-14-15-16-17-18-19-20-21-22-27-32-31(34)29-23-25-30(26-24-29)35-28(2)33/h23-26H,3-22,27H2,1-2H3,(H,32,34). The number of amides is 1. The molecular formula is C31H53NO3. The molecule has 0 atom stereocenters. The van der Waals surface area contributed by atoms with Crippen LogP contribution in [0.4, 0.5) is 0 Å². The highest BCUT2D eigenvalue weighted by Crippen LogP contribution is 2.15. The number of esters is 1. The highest BCUT2D eigenvalue weighted by molar-refractivity contribution is 5.94. The summed E-state index contributed by atoms with van der Waals surface area (Å²) in [5.74, 6) is 0.0297. The predicted molar refractivity (Wildman–Crippen MR) is 148 cm³/mol. The van der Waals surface area contributed by atoms with Crippen LogP contribution in [0.25, 0.3) is 0 Å². The van der Waals surface area contributed by atoms with Gasteiger partial charge in [0.25, 0.3) is 5.91 Å². The lowest BCUT2D eigenvalue weighted by molar-refractivity contribution is -0.131. The molecule has 0 aliphatic heterocycles. The molecule has 200 valence electrons. The van der Waals surface area contributed by atoms with E-state index in [0.29, 0.717) is 17.9 Å². The monoisotopic (exact) mass is 487 g/mol. The lowest BCUT2D eigenvalue weighted by atomic mass is 10.0. The topological polar surface area (TPSA) is 55.4 Å². The minimum atomic E-state index is -0.359. The first-order valence-corrected chi connectivity index (χ1v) is 14.7. The Balaban J connectivity index is 1.80. The first kappa shape index (κ1) is 31.2. The molecule has 1 amide bonds. The average Bonchev–Trinajstić information content (AvgIpc) is 2.85. The molecule has 0 fully saturated rings. The summed E-state index contributed by atoms with van der Waals surface area (Å²) in [5.41, 5.74) is 0.592. The van der Waals surface area contributed by atoms with Crippen LogP contribution < -0.4 is 10.1 Å². The fourth-order valence-corrected chi connectivity index (χ4v) is 4.52. The van der Waals surface area contributed by atoms with E-state index in [1.165, 1.54) is 129 Å². The number of nitrogens with one attached hydrogen (secondary N) is 1. The van der Waals surface area contributed by atoms with E-state index in [1.54, 1.807) is 24.3 Å². The highest BCUT2D eigenvalue weighted by Gasteiger charge is 2.05. The van der Waals surface area contributed by atoms with Gasteiger partial charge in [0.2, 0.25) is 0 Å². The van der Waals surface area contributed by atoms with E-state index in [4.69, 9.17) is 4.74 Å². The Morgan fingerprint density at radius 3 is 1.34 bits per heavy atom. The molecule has 0 unspecified atom stereocenters. The van der Waals surface area contributed by atoms with E-state index in [1.807, 2.05) is 0 Å². The summed E-state index contributed by atoms with van der Waals surface area (Å²) in [6, 6.07) is 6.67. The Bertz CT molecular complexity index is 641. The van der Waals surface area contributed by atoms with Gasteiger partial charge in [-0.3, -0.25) is 9.59 Å². The quantitative estimate of drug-likeness (QED) is 0.0950. The molecule has 0 aliphatic carbocycles. The summed E-state index contributed by atoms with van der Waals surface area (Å²) in [6.07, 6.45) is 27.5. The molecule has 4 nitrogen and oxygen atoms in total. The number of carbonyl (C=O) groups excluding carboxylic acids is 2. The van der Waals surface area contributed by atoms with Crippen molar-refractivity contribution in [1.29, 1.82) is 0 Å². The van der Waals surface area contributed by atoms with Gasteiger partial charge in [-0.1, -0.05) is 129 Å².